The second kappa shape index (κ2) is 7.19. The van der Waals surface area contributed by atoms with Crippen molar-refractivity contribution in [2.75, 3.05) is 11.9 Å². The van der Waals surface area contributed by atoms with Gasteiger partial charge in [0.15, 0.2) is 5.69 Å². The molecule has 7 heteroatoms. The van der Waals surface area contributed by atoms with Gasteiger partial charge in [-0.05, 0) is 63.8 Å². The summed E-state index contributed by atoms with van der Waals surface area (Å²) in [5.74, 6) is 0.732. The van der Waals surface area contributed by atoms with Gasteiger partial charge in [-0.3, -0.25) is 10.1 Å². The summed E-state index contributed by atoms with van der Waals surface area (Å²) in [6.45, 7) is 6.09. The lowest BCUT2D eigenvalue weighted by Gasteiger charge is -2.19. The van der Waals surface area contributed by atoms with Gasteiger partial charge >= 0.3 is 6.09 Å². The van der Waals surface area contributed by atoms with Crippen molar-refractivity contribution in [1.82, 2.24) is 10.3 Å². The molecule has 0 bridgehead atoms. The molecular formula is C19H23N3O4. The normalized spacial score (nSPS) is 14.0. The Bertz CT molecular complexity index is 786. The third-order valence-electron chi connectivity index (χ3n) is 3.76. The van der Waals surface area contributed by atoms with Crippen LogP contribution in [0.2, 0.25) is 0 Å². The first-order chi connectivity index (χ1) is 12.3. The van der Waals surface area contributed by atoms with Crippen LogP contribution in [0.15, 0.2) is 34.9 Å². The van der Waals surface area contributed by atoms with Crippen LogP contribution in [0.3, 0.4) is 0 Å². The van der Waals surface area contributed by atoms with Gasteiger partial charge in [0.05, 0.1) is 0 Å². The zero-order chi connectivity index (χ0) is 18.7. The molecule has 2 aromatic rings. The van der Waals surface area contributed by atoms with Crippen LogP contribution in [0.25, 0.3) is 11.5 Å². The van der Waals surface area contributed by atoms with Crippen molar-refractivity contribution in [3.05, 3.63) is 36.2 Å². The number of amides is 2. The number of carbonyl (C=O) groups excluding carboxylic acids is 2. The maximum atomic E-state index is 12.0. The Balaban J connectivity index is 1.59. The van der Waals surface area contributed by atoms with Crippen molar-refractivity contribution in [2.24, 2.45) is 5.92 Å². The van der Waals surface area contributed by atoms with E-state index in [1.54, 1.807) is 45.0 Å². The molecule has 1 aromatic heterocycles. The first-order valence-corrected chi connectivity index (χ1v) is 8.64. The number of nitrogens with one attached hydrogen (secondary N) is 2. The molecule has 1 saturated carbocycles. The molecule has 1 aliphatic rings. The number of aromatic nitrogens is 1. The standard InChI is InChI=1S/C19H23N3O4/c1-19(2,3)26-18(24)21-14-8-6-13(7-9-14)17-22-15(11-25-17)16(23)20-10-12-4-5-12/h6-9,11-12H,4-5,10H2,1-3H3,(H,20,23)(H,21,24). The third-order valence-corrected chi connectivity index (χ3v) is 3.76. The van der Waals surface area contributed by atoms with E-state index in [4.69, 9.17) is 9.15 Å². The predicted molar refractivity (Wildman–Crippen MR) is 96.9 cm³/mol. The van der Waals surface area contributed by atoms with Crippen LogP contribution in [-0.4, -0.2) is 29.1 Å². The molecule has 0 spiro atoms. The van der Waals surface area contributed by atoms with Crippen LogP contribution in [0.4, 0.5) is 10.5 Å². The largest absolute Gasteiger partial charge is 0.444 e. The zero-order valence-electron chi connectivity index (χ0n) is 15.2. The molecule has 0 saturated heterocycles. The number of hydrogen-bond acceptors (Lipinski definition) is 5. The summed E-state index contributed by atoms with van der Waals surface area (Å²) in [5.41, 5.74) is 1.01. The Labute approximate surface area is 152 Å². The van der Waals surface area contributed by atoms with Gasteiger partial charge in [0.2, 0.25) is 5.89 Å². The van der Waals surface area contributed by atoms with Gasteiger partial charge in [-0.15, -0.1) is 0 Å². The van der Waals surface area contributed by atoms with E-state index in [1.807, 2.05) is 0 Å². The summed E-state index contributed by atoms with van der Waals surface area (Å²) in [6.07, 6.45) is 3.18. The van der Waals surface area contributed by atoms with Gasteiger partial charge in [0.25, 0.3) is 5.91 Å². The molecular weight excluding hydrogens is 334 g/mol. The smallest absolute Gasteiger partial charge is 0.412 e. The molecule has 1 fully saturated rings. The van der Waals surface area contributed by atoms with Crippen LogP contribution in [0.1, 0.15) is 44.1 Å². The van der Waals surface area contributed by atoms with E-state index in [1.165, 1.54) is 19.1 Å². The fourth-order valence-electron chi connectivity index (χ4n) is 2.28. The molecule has 138 valence electrons. The lowest BCUT2D eigenvalue weighted by Crippen LogP contribution is -2.27. The van der Waals surface area contributed by atoms with Crippen molar-refractivity contribution in [3.8, 4) is 11.5 Å². The van der Waals surface area contributed by atoms with Crippen LogP contribution in [0, 0.1) is 5.92 Å². The highest BCUT2D eigenvalue weighted by molar-refractivity contribution is 5.92. The summed E-state index contributed by atoms with van der Waals surface area (Å²) in [7, 11) is 0. The molecule has 7 nitrogen and oxygen atoms in total. The summed E-state index contributed by atoms with van der Waals surface area (Å²) in [6, 6.07) is 6.95. The molecule has 3 rings (SSSR count). The highest BCUT2D eigenvalue weighted by Gasteiger charge is 2.23. The number of carbonyl (C=O) groups is 2. The summed E-state index contributed by atoms with van der Waals surface area (Å²) in [4.78, 5) is 28.0. The van der Waals surface area contributed by atoms with Crippen molar-refractivity contribution in [1.29, 1.82) is 0 Å². The number of oxazole rings is 1. The highest BCUT2D eigenvalue weighted by atomic mass is 16.6. The van der Waals surface area contributed by atoms with E-state index >= 15 is 0 Å². The van der Waals surface area contributed by atoms with Crippen LogP contribution >= 0.6 is 0 Å². The number of benzene rings is 1. The lowest BCUT2D eigenvalue weighted by molar-refractivity contribution is 0.0635. The second-order valence-corrected chi connectivity index (χ2v) is 7.40. The average Bonchev–Trinajstić information content (AvgIpc) is 3.26. The maximum Gasteiger partial charge on any atom is 0.412 e. The van der Waals surface area contributed by atoms with Gasteiger partial charge in [-0.25, -0.2) is 9.78 Å². The maximum absolute atomic E-state index is 12.0. The topological polar surface area (TPSA) is 93.5 Å². The number of rotatable bonds is 5. The first kappa shape index (κ1) is 18.0. The molecule has 1 aromatic carbocycles. The fraction of sp³-hybridized carbons (Fsp3) is 0.421. The number of anilines is 1. The number of ether oxygens (including phenoxy) is 1. The summed E-state index contributed by atoms with van der Waals surface area (Å²) < 4.78 is 10.6. The van der Waals surface area contributed by atoms with E-state index in [-0.39, 0.29) is 11.6 Å². The van der Waals surface area contributed by atoms with Gasteiger partial charge in [-0.2, -0.15) is 0 Å². The Morgan fingerprint density at radius 2 is 1.92 bits per heavy atom. The Kier molecular flexibility index (Phi) is 4.97. The summed E-state index contributed by atoms with van der Waals surface area (Å²) in [5, 5.41) is 5.51. The van der Waals surface area contributed by atoms with E-state index < -0.39 is 11.7 Å². The Morgan fingerprint density at radius 3 is 2.54 bits per heavy atom. The Hall–Kier alpha value is -2.83. The minimum absolute atomic E-state index is 0.227. The predicted octanol–water partition coefficient (Wildman–Crippen LogP) is 3.83. The summed E-state index contributed by atoms with van der Waals surface area (Å²) >= 11 is 0. The van der Waals surface area contributed by atoms with Gasteiger partial charge in [-0.1, -0.05) is 0 Å². The average molecular weight is 357 g/mol. The molecule has 26 heavy (non-hydrogen) atoms. The zero-order valence-corrected chi connectivity index (χ0v) is 15.2. The SMILES string of the molecule is CC(C)(C)OC(=O)Nc1ccc(-c2nc(C(=O)NCC3CC3)co2)cc1. The van der Waals surface area contributed by atoms with Crippen molar-refractivity contribution in [3.63, 3.8) is 0 Å². The van der Waals surface area contributed by atoms with E-state index in [0.717, 1.165) is 0 Å². The third kappa shape index (κ3) is 5.08. The van der Waals surface area contributed by atoms with Crippen molar-refractivity contribution < 1.29 is 18.7 Å². The van der Waals surface area contributed by atoms with E-state index in [9.17, 15) is 9.59 Å². The molecule has 0 aliphatic heterocycles. The molecule has 1 aliphatic carbocycles. The molecule has 2 N–H and O–H groups in total. The molecule has 0 atom stereocenters. The van der Waals surface area contributed by atoms with Gasteiger partial charge in [0.1, 0.15) is 11.9 Å². The minimum Gasteiger partial charge on any atom is -0.444 e. The van der Waals surface area contributed by atoms with Crippen LogP contribution in [-0.2, 0) is 4.74 Å². The van der Waals surface area contributed by atoms with Crippen molar-refractivity contribution >= 4 is 17.7 Å². The fourth-order valence-corrected chi connectivity index (χ4v) is 2.28. The monoisotopic (exact) mass is 357 g/mol. The van der Waals surface area contributed by atoms with E-state index in [2.05, 4.69) is 15.6 Å². The molecule has 1 heterocycles. The lowest BCUT2D eigenvalue weighted by atomic mass is 10.2. The quantitative estimate of drug-likeness (QED) is 0.848. The number of nitrogens with zero attached hydrogens (tertiary/aromatic N) is 1. The second-order valence-electron chi connectivity index (χ2n) is 7.40. The van der Waals surface area contributed by atoms with Gasteiger partial charge < -0.3 is 14.5 Å². The first-order valence-electron chi connectivity index (χ1n) is 8.64. The highest BCUT2D eigenvalue weighted by Crippen LogP contribution is 2.27. The van der Waals surface area contributed by atoms with Crippen molar-refractivity contribution in [2.45, 2.75) is 39.2 Å². The minimum atomic E-state index is -0.557. The molecule has 0 radical (unpaired) electrons. The van der Waals surface area contributed by atoms with Crippen LogP contribution < -0.4 is 10.6 Å². The Morgan fingerprint density at radius 1 is 1.23 bits per heavy atom. The molecule has 2 amide bonds. The number of hydrogen-bond donors (Lipinski definition) is 2. The van der Waals surface area contributed by atoms with Gasteiger partial charge in [0, 0.05) is 17.8 Å². The van der Waals surface area contributed by atoms with E-state index in [0.29, 0.717) is 29.6 Å². The molecule has 0 unspecified atom stereocenters. The van der Waals surface area contributed by atoms with Crippen LogP contribution in [0.5, 0.6) is 0 Å².